The van der Waals surface area contributed by atoms with E-state index < -0.39 is 11.6 Å². The molecule has 80 valence electrons. The van der Waals surface area contributed by atoms with Crippen LogP contribution in [-0.4, -0.2) is 18.8 Å². The van der Waals surface area contributed by atoms with Crippen LogP contribution in [0.2, 0.25) is 0 Å². The molecule has 1 aromatic rings. The van der Waals surface area contributed by atoms with E-state index in [1.54, 1.807) is 7.05 Å². The van der Waals surface area contributed by atoms with Crippen molar-refractivity contribution in [2.24, 2.45) is 0 Å². The molecule has 0 saturated carbocycles. The van der Waals surface area contributed by atoms with Gasteiger partial charge in [-0.15, -0.1) is 11.8 Å². The van der Waals surface area contributed by atoms with Crippen LogP contribution in [0.1, 0.15) is 0 Å². The summed E-state index contributed by atoms with van der Waals surface area (Å²) < 4.78 is 25.4. The Morgan fingerprint density at radius 1 is 1.47 bits per heavy atom. The molecular weight excluding hydrogens is 218 g/mol. The molecule has 0 radical (unpaired) electrons. The topological polar surface area (TPSA) is 35.8 Å². The van der Waals surface area contributed by atoms with Crippen molar-refractivity contribution in [2.45, 2.75) is 10.9 Å². The number of thioether (sulfide) groups is 1. The molecule has 0 bridgehead atoms. The first kappa shape index (κ1) is 12.0. The zero-order valence-corrected chi connectivity index (χ0v) is 8.94. The van der Waals surface area contributed by atoms with Crippen LogP contribution in [0.25, 0.3) is 0 Å². The Kier molecular flexibility index (Phi) is 4.53. The minimum Gasteiger partial charge on any atom is -0.304 e. The molecule has 0 aliphatic rings. The lowest BCUT2D eigenvalue weighted by Gasteiger charge is -2.06. The van der Waals surface area contributed by atoms with Crippen molar-refractivity contribution < 1.29 is 8.78 Å². The standard InChI is InChI=1S/C10H10F2N2S/c1-14-7(5-13)6-15-8-2-3-9(11)10(12)4-8/h2-4,7,14H,6H2,1H3. The third-order valence-electron chi connectivity index (χ3n) is 1.81. The molecule has 0 spiro atoms. The van der Waals surface area contributed by atoms with Crippen molar-refractivity contribution in [1.82, 2.24) is 5.32 Å². The van der Waals surface area contributed by atoms with E-state index in [1.165, 1.54) is 17.8 Å². The molecule has 0 aliphatic carbocycles. The smallest absolute Gasteiger partial charge is 0.159 e. The van der Waals surface area contributed by atoms with E-state index >= 15 is 0 Å². The fourth-order valence-corrected chi connectivity index (χ4v) is 1.88. The van der Waals surface area contributed by atoms with Crippen molar-refractivity contribution >= 4 is 11.8 Å². The molecule has 0 heterocycles. The Bertz CT molecular complexity index is 376. The van der Waals surface area contributed by atoms with Gasteiger partial charge >= 0.3 is 0 Å². The summed E-state index contributed by atoms with van der Waals surface area (Å²) >= 11 is 1.31. The summed E-state index contributed by atoms with van der Waals surface area (Å²) in [5, 5.41) is 11.4. The van der Waals surface area contributed by atoms with Gasteiger partial charge in [0.2, 0.25) is 0 Å². The van der Waals surface area contributed by atoms with Crippen molar-refractivity contribution in [1.29, 1.82) is 5.26 Å². The van der Waals surface area contributed by atoms with Crippen LogP contribution in [0.4, 0.5) is 8.78 Å². The number of nitrogens with one attached hydrogen (secondary N) is 1. The van der Waals surface area contributed by atoms with Crippen LogP contribution in [-0.2, 0) is 0 Å². The van der Waals surface area contributed by atoms with Gasteiger partial charge in [0.05, 0.1) is 6.07 Å². The minimum absolute atomic E-state index is 0.289. The number of hydrogen-bond donors (Lipinski definition) is 1. The van der Waals surface area contributed by atoms with E-state index in [0.717, 1.165) is 12.1 Å². The third-order valence-corrected chi connectivity index (χ3v) is 2.90. The van der Waals surface area contributed by atoms with E-state index in [0.29, 0.717) is 10.6 Å². The lowest BCUT2D eigenvalue weighted by atomic mass is 10.3. The predicted octanol–water partition coefficient (Wildman–Crippen LogP) is 2.17. The molecule has 1 unspecified atom stereocenters. The van der Waals surface area contributed by atoms with Gasteiger partial charge in [-0.05, 0) is 25.2 Å². The molecule has 0 aliphatic heterocycles. The van der Waals surface area contributed by atoms with Gasteiger partial charge in [-0.25, -0.2) is 8.78 Å². The third kappa shape index (κ3) is 3.50. The predicted molar refractivity (Wildman–Crippen MR) is 55.5 cm³/mol. The Labute approximate surface area is 91.3 Å². The maximum absolute atomic E-state index is 12.8. The van der Waals surface area contributed by atoms with E-state index in [9.17, 15) is 8.78 Å². The summed E-state index contributed by atoms with van der Waals surface area (Å²) in [6.07, 6.45) is 0. The summed E-state index contributed by atoms with van der Waals surface area (Å²) in [5.41, 5.74) is 0. The van der Waals surface area contributed by atoms with E-state index in [4.69, 9.17) is 5.26 Å². The average Bonchev–Trinajstić information content (AvgIpc) is 2.24. The van der Waals surface area contributed by atoms with Crippen molar-refractivity contribution in [3.05, 3.63) is 29.8 Å². The summed E-state index contributed by atoms with van der Waals surface area (Å²) in [5.74, 6) is -1.22. The number of nitriles is 1. The number of nitrogens with zero attached hydrogens (tertiary/aromatic N) is 1. The second-order valence-corrected chi connectivity index (χ2v) is 3.95. The number of rotatable bonds is 4. The van der Waals surface area contributed by atoms with E-state index in [-0.39, 0.29) is 6.04 Å². The Hall–Kier alpha value is -1.12. The molecule has 0 saturated heterocycles. The molecule has 0 aromatic heterocycles. The normalized spacial score (nSPS) is 12.1. The molecule has 15 heavy (non-hydrogen) atoms. The van der Waals surface area contributed by atoms with Crippen molar-refractivity contribution in [3.63, 3.8) is 0 Å². The van der Waals surface area contributed by atoms with Gasteiger partial charge in [0.25, 0.3) is 0 Å². The Morgan fingerprint density at radius 3 is 2.73 bits per heavy atom. The molecule has 0 amide bonds. The quantitative estimate of drug-likeness (QED) is 0.802. The van der Waals surface area contributed by atoms with Gasteiger partial charge in [0.1, 0.15) is 6.04 Å². The van der Waals surface area contributed by atoms with Crippen molar-refractivity contribution in [3.8, 4) is 6.07 Å². The molecule has 1 atom stereocenters. The first-order valence-electron chi connectivity index (χ1n) is 4.32. The van der Waals surface area contributed by atoms with E-state index in [1.807, 2.05) is 6.07 Å². The highest BCUT2D eigenvalue weighted by Crippen LogP contribution is 2.20. The molecule has 5 heteroatoms. The summed E-state index contributed by atoms with van der Waals surface area (Å²) in [4.78, 5) is 0.615. The first-order chi connectivity index (χ1) is 7.17. The second-order valence-electron chi connectivity index (χ2n) is 2.86. The number of benzene rings is 1. The van der Waals surface area contributed by atoms with Crippen LogP contribution in [0.3, 0.4) is 0 Å². The largest absolute Gasteiger partial charge is 0.304 e. The van der Waals surface area contributed by atoms with Crippen LogP contribution < -0.4 is 5.32 Å². The van der Waals surface area contributed by atoms with Gasteiger partial charge in [0, 0.05) is 10.6 Å². The average molecular weight is 228 g/mol. The summed E-state index contributed by atoms with van der Waals surface area (Å²) in [7, 11) is 1.68. The molecular formula is C10H10F2N2S. The molecule has 1 rings (SSSR count). The monoisotopic (exact) mass is 228 g/mol. The fourth-order valence-electron chi connectivity index (χ4n) is 0.931. The van der Waals surface area contributed by atoms with Gasteiger partial charge in [0.15, 0.2) is 11.6 Å². The Morgan fingerprint density at radius 2 is 2.20 bits per heavy atom. The second kappa shape index (κ2) is 5.69. The van der Waals surface area contributed by atoms with Gasteiger partial charge in [-0.1, -0.05) is 0 Å². The molecule has 1 aromatic carbocycles. The highest BCUT2D eigenvalue weighted by atomic mass is 32.2. The minimum atomic E-state index is -0.863. The van der Waals surface area contributed by atoms with Crippen LogP contribution in [0, 0.1) is 23.0 Å². The molecule has 1 N–H and O–H groups in total. The highest BCUT2D eigenvalue weighted by Gasteiger charge is 2.07. The maximum atomic E-state index is 12.8. The summed E-state index contributed by atoms with van der Waals surface area (Å²) in [6, 6.07) is 5.46. The van der Waals surface area contributed by atoms with Gasteiger partial charge in [-0.3, -0.25) is 0 Å². The zero-order chi connectivity index (χ0) is 11.3. The van der Waals surface area contributed by atoms with Crippen LogP contribution in [0.15, 0.2) is 23.1 Å². The van der Waals surface area contributed by atoms with Crippen LogP contribution >= 0.6 is 11.8 Å². The molecule has 2 nitrogen and oxygen atoms in total. The highest BCUT2D eigenvalue weighted by molar-refractivity contribution is 7.99. The van der Waals surface area contributed by atoms with Gasteiger partial charge < -0.3 is 5.32 Å². The lowest BCUT2D eigenvalue weighted by molar-refractivity contribution is 0.506. The Balaban J connectivity index is 2.59. The lowest BCUT2D eigenvalue weighted by Crippen LogP contribution is -2.25. The fraction of sp³-hybridized carbons (Fsp3) is 0.300. The zero-order valence-electron chi connectivity index (χ0n) is 8.13. The first-order valence-corrected chi connectivity index (χ1v) is 5.30. The SMILES string of the molecule is CNC(C#N)CSc1ccc(F)c(F)c1. The van der Waals surface area contributed by atoms with Crippen LogP contribution in [0.5, 0.6) is 0 Å². The van der Waals surface area contributed by atoms with Crippen molar-refractivity contribution in [2.75, 3.05) is 12.8 Å². The molecule has 0 fully saturated rings. The summed E-state index contributed by atoms with van der Waals surface area (Å²) in [6.45, 7) is 0. The van der Waals surface area contributed by atoms with Gasteiger partial charge in [-0.2, -0.15) is 5.26 Å². The number of hydrogen-bond acceptors (Lipinski definition) is 3. The van der Waals surface area contributed by atoms with E-state index in [2.05, 4.69) is 5.32 Å². The number of halogens is 2. The maximum Gasteiger partial charge on any atom is 0.159 e.